The quantitative estimate of drug-likeness (QED) is 0.163. The molecule has 0 saturated heterocycles. The zero-order valence-corrected chi connectivity index (χ0v) is 24.1. The second kappa shape index (κ2) is 12.1. The number of rotatable bonds is 10. The van der Waals surface area contributed by atoms with Gasteiger partial charge in [0.05, 0.1) is 18.8 Å². The molecule has 4 aromatic carbocycles. The first-order valence-corrected chi connectivity index (χ1v) is 14.4. The number of amides is 1. The average molecular weight is 600 g/mol. The van der Waals surface area contributed by atoms with Crippen molar-refractivity contribution in [2.24, 2.45) is 11.7 Å². The van der Waals surface area contributed by atoms with E-state index in [4.69, 9.17) is 10.5 Å². The average Bonchev–Trinajstić information content (AvgIpc) is 3.74. The number of benzene rings is 4. The molecular weight excluding hydrogens is 567 g/mol. The maximum Gasteiger partial charge on any atom is 0.435 e. The Morgan fingerprint density at radius 2 is 1.82 bits per heavy atom. The fraction of sp³-hybridized carbons (Fsp3) is 0.235. The SMILES string of the molecule is COc1ccc2ccccc2c1[C@H](NCC1CC1)c1cccc(NC(=O)c2cc(C(F)(F)F)nn2-c2cccc(CN)c2)c1. The number of fused-ring (bicyclic) bond motifs is 1. The van der Waals surface area contributed by atoms with Gasteiger partial charge in [0, 0.05) is 23.9 Å². The Morgan fingerprint density at radius 3 is 2.57 bits per heavy atom. The van der Waals surface area contributed by atoms with Crippen LogP contribution in [0, 0.1) is 5.92 Å². The van der Waals surface area contributed by atoms with Gasteiger partial charge >= 0.3 is 6.18 Å². The van der Waals surface area contributed by atoms with Crippen molar-refractivity contribution in [2.75, 3.05) is 19.0 Å². The van der Waals surface area contributed by atoms with Crippen molar-refractivity contribution in [3.05, 3.63) is 119 Å². The summed E-state index contributed by atoms with van der Waals surface area (Å²) in [6, 6.07) is 26.5. The van der Waals surface area contributed by atoms with E-state index >= 15 is 0 Å². The van der Waals surface area contributed by atoms with E-state index in [9.17, 15) is 18.0 Å². The molecular formula is C34H32F3N5O2. The number of nitrogens with one attached hydrogen (secondary N) is 2. The highest BCUT2D eigenvalue weighted by atomic mass is 19.4. The third kappa shape index (κ3) is 6.17. The number of hydrogen-bond donors (Lipinski definition) is 3. The molecule has 1 aliphatic carbocycles. The van der Waals surface area contributed by atoms with E-state index in [2.05, 4.69) is 27.9 Å². The number of hydrogen-bond acceptors (Lipinski definition) is 5. The molecule has 4 N–H and O–H groups in total. The summed E-state index contributed by atoms with van der Waals surface area (Å²) < 4.78 is 47.9. The maximum absolute atomic E-state index is 13.7. The molecule has 1 aromatic heterocycles. The maximum atomic E-state index is 13.7. The lowest BCUT2D eigenvalue weighted by Gasteiger charge is -2.24. The van der Waals surface area contributed by atoms with Crippen LogP contribution >= 0.6 is 0 Å². The van der Waals surface area contributed by atoms with E-state index in [1.165, 1.54) is 12.8 Å². The van der Waals surface area contributed by atoms with E-state index in [1.54, 1.807) is 37.4 Å². The van der Waals surface area contributed by atoms with Gasteiger partial charge in [-0.2, -0.15) is 18.3 Å². The van der Waals surface area contributed by atoms with E-state index in [1.807, 2.05) is 42.5 Å². The number of nitrogens with two attached hydrogens (primary N) is 1. The van der Waals surface area contributed by atoms with E-state index in [0.29, 0.717) is 22.9 Å². The number of aromatic nitrogens is 2. The molecule has 0 aliphatic heterocycles. The van der Waals surface area contributed by atoms with E-state index < -0.39 is 17.8 Å². The van der Waals surface area contributed by atoms with Crippen molar-refractivity contribution < 1.29 is 22.7 Å². The van der Waals surface area contributed by atoms with Gasteiger partial charge in [-0.3, -0.25) is 4.79 Å². The molecule has 1 fully saturated rings. The summed E-state index contributed by atoms with van der Waals surface area (Å²) in [6.45, 7) is 1.00. The minimum Gasteiger partial charge on any atom is -0.496 e. The molecule has 1 aliphatic rings. The smallest absolute Gasteiger partial charge is 0.435 e. The van der Waals surface area contributed by atoms with Crippen LogP contribution in [0.15, 0.2) is 91.0 Å². The Kier molecular flexibility index (Phi) is 8.11. The molecule has 0 spiro atoms. The van der Waals surface area contributed by atoms with Gasteiger partial charge in [-0.25, -0.2) is 4.68 Å². The second-order valence-electron chi connectivity index (χ2n) is 11.0. The number of alkyl halides is 3. The molecule has 1 amide bonds. The highest BCUT2D eigenvalue weighted by Crippen LogP contribution is 2.38. The number of anilines is 1. The van der Waals surface area contributed by atoms with E-state index in [-0.39, 0.29) is 18.3 Å². The van der Waals surface area contributed by atoms with Crippen LogP contribution in [0.1, 0.15) is 51.8 Å². The van der Waals surface area contributed by atoms with Crippen LogP contribution in [0.25, 0.3) is 16.5 Å². The topological polar surface area (TPSA) is 94.2 Å². The lowest BCUT2D eigenvalue weighted by atomic mass is 9.92. The molecule has 44 heavy (non-hydrogen) atoms. The van der Waals surface area contributed by atoms with Crippen molar-refractivity contribution in [3.63, 3.8) is 0 Å². The number of halogens is 3. The molecule has 6 rings (SSSR count). The molecule has 5 aromatic rings. The first-order chi connectivity index (χ1) is 21.2. The molecule has 0 bridgehead atoms. The van der Waals surface area contributed by atoms with Crippen LogP contribution in [0.3, 0.4) is 0 Å². The zero-order chi connectivity index (χ0) is 30.8. The molecule has 1 atom stereocenters. The minimum absolute atomic E-state index is 0.187. The highest BCUT2D eigenvalue weighted by molar-refractivity contribution is 6.03. The van der Waals surface area contributed by atoms with Gasteiger partial charge in [0.15, 0.2) is 5.69 Å². The van der Waals surface area contributed by atoms with Crippen LogP contribution in [-0.4, -0.2) is 29.3 Å². The first kappa shape index (κ1) is 29.4. The number of carbonyl (C=O) groups excluding carboxylic acids is 1. The molecule has 0 unspecified atom stereocenters. The highest BCUT2D eigenvalue weighted by Gasteiger charge is 2.36. The van der Waals surface area contributed by atoms with Crippen molar-refractivity contribution in [1.29, 1.82) is 0 Å². The fourth-order valence-corrected chi connectivity index (χ4v) is 5.43. The van der Waals surface area contributed by atoms with Gasteiger partial charge in [-0.1, -0.05) is 54.6 Å². The third-order valence-corrected chi connectivity index (χ3v) is 7.85. The summed E-state index contributed by atoms with van der Waals surface area (Å²) in [6.07, 6.45) is -2.39. The monoisotopic (exact) mass is 599 g/mol. The first-order valence-electron chi connectivity index (χ1n) is 14.4. The normalized spacial score (nSPS) is 14.0. The van der Waals surface area contributed by atoms with Crippen LogP contribution in [0.4, 0.5) is 18.9 Å². The van der Waals surface area contributed by atoms with Crippen LogP contribution in [0.2, 0.25) is 0 Å². The Hall–Kier alpha value is -4.67. The molecule has 7 nitrogen and oxygen atoms in total. The Bertz CT molecular complexity index is 1810. The van der Waals surface area contributed by atoms with Crippen molar-refractivity contribution in [3.8, 4) is 11.4 Å². The summed E-state index contributed by atoms with van der Waals surface area (Å²) in [5.74, 6) is 0.602. The number of nitrogens with zero attached hydrogens (tertiary/aromatic N) is 2. The van der Waals surface area contributed by atoms with Crippen LogP contribution in [-0.2, 0) is 12.7 Å². The van der Waals surface area contributed by atoms with Crippen molar-refractivity contribution in [2.45, 2.75) is 31.6 Å². The predicted octanol–water partition coefficient (Wildman–Crippen LogP) is 6.85. The van der Waals surface area contributed by atoms with Crippen molar-refractivity contribution in [1.82, 2.24) is 15.1 Å². The lowest BCUT2D eigenvalue weighted by Crippen LogP contribution is -2.25. The Balaban J connectivity index is 1.37. The van der Waals surface area contributed by atoms with Gasteiger partial charge in [0.1, 0.15) is 11.4 Å². The molecule has 1 heterocycles. The Labute approximate surface area is 252 Å². The predicted molar refractivity (Wildman–Crippen MR) is 164 cm³/mol. The summed E-state index contributed by atoms with van der Waals surface area (Å²) in [5.41, 5.74) is 7.60. The fourth-order valence-electron chi connectivity index (χ4n) is 5.43. The zero-order valence-electron chi connectivity index (χ0n) is 24.1. The van der Waals surface area contributed by atoms with Crippen molar-refractivity contribution >= 4 is 22.4 Å². The largest absolute Gasteiger partial charge is 0.496 e. The minimum atomic E-state index is -4.73. The number of carbonyl (C=O) groups is 1. The van der Waals surface area contributed by atoms with Crippen LogP contribution in [0.5, 0.6) is 5.75 Å². The summed E-state index contributed by atoms with van der Waals surface area (Å²) in [7, 11) is 1.64. The summed E-state index contributed by atoms with van der Waals surface area (Å²) in [4.78, 5) is 13.6. The third-order valence-electron chi connectivity index (χ3n) is 7.85. The van der Waals surface area contributed by atoms with Gasteiger partial charge in [-0.15, -0.1) is 0 Å². The molecule has 1 saturated carbocycles. The van der Waals surface area contributed by atoms with Gasteiger partial charge < -0.3 is 21.1 Å². The molecule has 0 radical (unpaired) electrons. The van der Waals surface area contributed by atoms with Gasteiger partial charge in [0.25, 0.3) is 5.91 Å². The standard InChI is InChI=1S/C34H32F3N5O2/c1-44-29-15-14-23-7-2-3-11-27(23)31(29)32(39-20-21-12-13-21)24-8-5-9-25(17-24)40-33(43)28-18-30(34(35,36)37)41-42(28)26-10-4-6-22(16-26)19-38/h2-11,14-18,21,32,39H,12-13,19-20,38H2,1H3,(H,40,43)/t32-/m1/s1. The lowest BCUT2D eigenvalue weighted by molar-refractivity contribution is -0.141. The Morgan fingerprint density at radius 1 is 1.02 bits per heavy atom. The van der Waals surface area contributed by atoms with Crippen LogP contribution < -0.4 is 21.1 Å². The second-order valence-corrected chi connectivity index (χ2v) is 11.0. The van der Waals surface area contributed by atoms with Gasteiger partial charge in [0.2, 0.25) is 0 Å². The van der Waals surface area contributed by atoms with Gasteiger partial charge in [-0.05, 0) is 77.5 Å². The number of methoxy groups -OCH3 is 1. The summed E-state index contributed by atoms with van der Waals surface area (Å²) in [5, 5.41) is 12.4. The van der Waals surface area contributed by atoms with E-state index in [0.717, 1.165) is 44.9 Å². The summed E-state index contributed by atoms with van der Waals surface area (Å²) >= 11 is 0. The number of ether oxygens (including phenoxy) is 1. The molecule has 10 heteroatoms. The molecule has 226 valence electrons.